The van der Waals surface area contributed by atoms with Gasteiger partial charge >= 0.3 is 0 Å². The number of nitrogens with zero attached hydrogens (tertiary/aromatic N) is 1. The van der Waals surface area contributed by atoms with Crippen LogP contribution in [0.1, 0.15) is 41.0 Å². The number of benzene rings is 2. The molecule has 156 valence electrons. The first-order chi connectivity index (χ1) is 14.6. The maximum atomic E-state index is 12.3. The zero-order valence-electron chi connectivity index (χ0n) is 17.4. The normalized spacial score (nSPS) is 15.0. The van der Waals surface area contributed by atoms with Crippen molar-refractivity contribution in [2.45, 2.75) is 32.6 Å². The molecule has 4 rings (SSSR count). The maximum Gasteiger partial charge on any atom is 0.277 e. The highest BCUT2D eigenvalue weighted by Crippen LogP contribution is 2.36. The van der Waals surface area contributed by atoms with Crippen molar-refractivity contribution in [2.75, 3.05) is 19.8 Å². The van der Waals surface area contributed by atoms with Crippen LogP contribution in [0.2, 0.25) is 0 Å². The van der Waals surface area contributed by atoms with E-state index in [0.29, 0.717) is 5.92 Å². The van der Waals surface area contributed by atoms with Crippen LogP contribution in [0.4, 0.5) is 0 Å². The second-order valence-corrected chi connectivity index (χ2v) is 7.79. The average Bonchev–Trinajstić information content (AvgIpc) is 3.21. The molecule has 2 aromatic carbocycles. The van der Waals surface area contributed by atoms with Crippen LogP contribution in [0, 0.1) is 13.8 Å². The molecule has 1 saturated heterocycles. The molecular formula is C24H27N3O3. The monoisotopic (exact) mass is 405 g/mol. The van der Waals surface area contributed by atoms with Crippen molar-refractivity contribution >= 4 is 23.0 Å². The Morgan fingerprint density at radius 1 is 1.23 bits per heavy atom. The van der Waals surface area contributed by atoms with Crippen LogP contribution in [0.3, 0.4) is 0 Å². The Morgan fingerprint density at radius 2 is 2.07 bits per heavy atom. The quantitative estimate of drug-likeness (QED) is 0.477. The van der Waals surface area contributed by atoms with Crippen LogP contribution < -0.4 is 10.2 Å². The molecule has 0 atom stereocenters. The van der Waals surface area contributed by atoms with Crippen molar-refractivity contribution in [3.63, 3.8) is 0 Å². The SMILES string of the molecule is Cc1cc(C)c(OCC(=O)N/N=C/c2ccc3cc[nH]c3c2)c(C2CCOCC2)c1. The molecule has 0 spiro atoms. The maximum absolute atomic E-state index is 12.3. The molecular weight excluding hydrogens is 378 g/mol. The summed E-state index contributed by atoms with van der Waals surface area (Å²) >= 11 is 0. The number of hydrazone groups is 1. The van der Waals surface area contributed by atoms with E-state index < -0.39 is 0 Å². The minimum absolute atomic E-state index is 0.0763. The number of hydrogen-bond acceptors (Lipinski definition) is 4. The molecule has 3 aromatic rings. The predicted octanol–water partition coefficient (Wildman–Crippen LogP) is 4.21. The van der Waals surface area contributed by atoms with E-state index >= 15 is 0 Å². The molecule has 0 bridgehead atoms. The molecule has 0 unspecified atom stereocenters. The third kappa shape index (κ3) is 4.71. The minimum atomic E-state index is -0.287. The largest absolute Gasteiger partial charge is 0.483 e. The molecule has 2 heterocycles. The summed E-state index contributed by atoms with van der Waals surface area (Å²) in [4.78, 5) is 15.4. The summed E-state index contributed by atoms with van der Waals surface area (Å²) in [5, 5.41) is 5.20. The van der Waals surface area contributed by atoms with Gasteiger partial charge in [-0.2, -0.15) is 5.10 Å². The van der Waals surface area contributed by atoms with Gasteiger partial charge in [0.2, 0.25) is 0 Å². The van der Waals surface area contributed by atoms with E-state index in [1.165, 1.54) is 11.1 Å². The van der Waals surface area contributed by atoms with Gasteiger partial charge in [0.1, 0.15) is 5.75 Å². The zero-order valence-corrected chi connectivity index (χ0v) is 17.4. The number of ether oxygens (including phenoxy) is 2. The van der Waals surface area contributed by atoms with Crippen LogP contribution in [0.5, 0.6) is 5.75 Å². The Hall–Kier alpha value is -3.12. The van der Waals surface area contributed by atoms with Crippen molar-refractivity contribution in [2.24, 2.45) is 5.10 Å². The van der Waals surface area contributed by atoms with Crippen LogP contribution >= 0.6 is 0 Å². The Labute approximate surface area is 176 Å². The molecule has 6 nitrogen and oxygen atoms in total. The highest BCUT2D eigenvalue weighted by molar-refractivity contribution is 5.89. The molecule has 1 aromatic heterocycles. The first-order valence-corrected chi connectivity index (χ1v) is 10.3. The summed E-state index contributed by atoms with van der Waals surface area (Å²) in [6, 6.07) is 12.2. The van der Waals surface area contributed by atoms with Crippen molar-refractivity contribution in [1.82, 2.24) is 10.4 Å². The van der Waals surface area contributed by atoms with Crippen molar-refractivity contribution in [1.29, 1.82) is 0 Å². The molecule has 2 N–H and O–H groups in total. The van der Waals surface area contributed by atoms with Gasteiger partial charge in [-0.3, -0.25) is 4.79 Å². The minimum Gasteiger partial charge on any atom is -0.483 e. The number of carbonyl (C=O) groups excluding carboxylic acids is 1. The molecule has 1 amide bonds. The summed E-state index contributed by atoms with van der Waals surface area (Å²) < 4.78 is 11.5. The first-order valence-electron chi connectivity index (χ1n) is 10.3. The van der Waals surface area contributed by atoms with E-state index in [1.54, 1.807) is 6.21 Å². The Kier molecular flexibility index (Phi) is 6.14. The number of fused-ring (bicyclic) bond motifs is 1. The van der Waals surface area contributed by atoms with Crippen LogP contribution in [0.25, 0.3) is 10.9 Å². The van der Waals surface area contributed by atoms with Crippen molar-refractivity contribution < 1.29 is 14.3 Å². The zero-order chi connectivity index (χ0) is 20.9. The number of nitrogens with one attached hydrogen (secondary N) is 2. The van der Waals surface area contributed by atoms with Gasteiger partial charge in [-0.05, 0) is 66.8 Å². The van der Waals surface area contributed by atoms with Crippen LogP contribution in [-0.4, -0.2) is 36.9 Å². The molecule has 1 fully saturated rings. The summed E-state index contributed by atoms with van der Waals surface area (Å²) in [6.07, 6.45) is 5.47. The van der Waals surface area contributed by atoms with Gasteiger partial charge in [-0.15, -0.1) is 0 Å². The van der Waals surface area contributed by atoms with Crippen LogP contribution in [0.15, 0.2) is 47.7 Å². The molecule has 1 aliphatic heterocycles. The van der Waals surface area contributed by atoms with Crippen molar-refractivity contribution in [3.8, 4) is 5.75 Å². The third-order valence-electron chi connectivity index (χ3n) is 5.44. The first kappa shape index (κ1) is 20.2. The van der Waals surface area contributed by atoms with Gasteiger partial charge in [-0.25, -0.2) is 5.43 Å². The Morgan fingerprint density at radius 3 is 2.90 bits per heavy atom. The second kappa shape index (κ2) is 9.13. The molecule has 30 heavy (non-hydrogen) atoms. The number of hydrogen-bond donors (Lipinski definition) is 2. The topological polar surface area (TPSA) is 75.7 Å². The van der Waals surface area contributed by atoms with E-state index in [1.807, 2.05) is 37.4 Å². The Balaban J connectivity index is 1.38. The average molecular weight is 405 g/mol. The predicted molar refractivity (Wildman–Crippen MR) is 118 cm³/mol. The third-order valence-corrected chi connectivity index (χ3v) is 5.44. The number of rotatable bonds is 6. The van der Waals surface area contributed by atoms with Gasteiger partial charge in [-0.1, -0.05) is 29.8 Å². The summed E-state index contributed by atoms with van der Waals surface area (Å²) in [6.45, 7) is 5.57. The molecule has 1 aliphatic rings. The molecule has 6 heteroatoms. The second-order valence-electron chi connectivity index (χ2n) is 7.79. The standard InChI is InChI=1S/C24H27N3O3/c1-16-11-17(2)24(21(12-16)19-6-9-29-10-7-19)30-15-23(28)27-26-14-18-3-4-20-5-8-25-22(20)13-18/h3-5,8,11-14,19,25H,6-7,9-10,15H2,1-2H3,(H,27,28)/b26-14+. The lowest BCUT2D eigenvalue weighted by Crippen LogP contribution is -2.25. The van der Waals surface area contributed by atoms with Gasteiger partial charge in [0.05, 0.1) is 6.21 Å². The molecule has 0 saturated carbocycles. The van der Waals surface area contributed by atoms with E-state index in [-0.39, 0.29) is 12.5 Å². The highest BCUT2D eigenvalue weighted by atomic mass is 16.5. The van der Waals surface area contributed by atoms with Crippen molar-refractivity contribution in [3.05, 3.63) is 64.8 Å². The lowest BCUT2D eigenvalue weighted by molar-refractivity contribution is -0.123. The van der Waals surface area contributed by atoms with E-state index in [0.717, 1.165) is 53.8 Å². The number of H-pyrrole nitrogens is 1. The fraction of sp³-hybridized carbons (Fsp3) is 0.333. The molecule has 0 radical (unpaired) electrons. The fourth-order valence-electron chi connectivity index (χ4n) is 3.99. The van der Waals surface area contributed by atoms with Gasteiger partial charge in [0.25, 0.3) is 5.91 Å². The number of amides is 1. The van der Waals surface area contributed by atoms with E-state index in [9.17, 15) is 4.79 Å². The lowest BCUT2D eigenvalue weighted by atomic mass is 9.88. The van der Waals surface area contributed by atoms with Gasteiger partial charge < -0.3 is 14.5 Å². The summed E-state index contributed by atoms with van der Waals surface area (Å²) in [5.41, 5.74) is 7.91. The van der Waals surface area contributed by atoms with E-state index in [2.05, 4.69) is 34.6 Å². The fourth-order valence-corrected chi connectivity index (χ4v) is 3.99. The smallest absolute Gasteiger partial charge is 0.277 e. The number of aryl methyl sites for hydroxylation is 2. The number of carbonyl (C=O) groups is 1. The van der Waals surface area contributed by atoms with Crippen LogP contribution in [-0.2, 0) is 9.53 Å². The van der Waals surface area contributed by atoms with E-state index in [4.69, 9.17) is 9.47 Å². The van der Waals surface area contributed by atoms with Gasteiger partial charge in [0.15, 0.2) is 6.61 Å². The number of aromatic amines is 1. The molecule has 0 aliphatic carbocycles. The summed E-state index contributed by atoms with van der Waals surface area (Å²) in [7, 11) is 0. The summed E-state index contributed by atoms with van der Waals surface area (Å²) in [5.74, 6) is 0.922. The van der Waals surface area contributed by atoms with Gasteiger partial charge in [0, 0.05) is 24.9 Å². The lowest BCUT2D eigenvalue weighted by Gasteiger charge is -2.25. The highest BCUT2D eigenvalue weighted by Gasteiger charge is 2.21. The Bertz CT molecular complexity index is 1060. The number of aromatic nitrogens is 1.